The van der Waals surface area contributed by atoms with Gasteiger partial charge in [0.05, 0.1) is 21.3 Å². The molecule has 0 spiro atoms. The summed E-state index contributed by atoms with van der Waals surface area (Å²) in [6.45, 7) is 0. The fourth-order valence-electron chi connectivity index (χ4n) is 14.3. The second kappa shape index (κ2) is 20.4. The second-order valence-corrected chi connectivity index (χ2v) is 24.1. The van der Waals surface area contributed by atoms with Crippen LogP contribution in [0.15, 0.2) is 232 Å². The van der Waals surface area contributed by atoms with Crippen molar-refractivity contribution in [3.8, 4) is 50.6 Å². The van der Waals surface area contributed by atoms with Gasteiger partial charge in [-0.15, -0.1) is 0 Å². The van der Waals surface area contributed by atoms with Gasteiger partial charge in [-0.25, -0.2) is 0 Å². The molecule has 0 saturated heterocycles. The SMILES string of the molecule is COc1cccc(C[C@]2(Cc3ccccc3Br)c3ccccc3-c3c2c2c(c4c3[C@@](Cc3cccc(OC)c3)(Cc3ccccc3Br)c3ccccc3-4)[C@@](Cc3cccc(OC)c3)(Cc3ccccc3Br)c3ccccc3-2)c1. The molecule has 0 saturated carbocycles. The summed E-state index contributed by atoms with van der Waals surface area (Å²) in [6.07, 6.45) is 4.44. The summed E-state index contributed by atoms with van der Waals surface area (Å²) in [5.74, 6) is 2.56. The third-order valence-corrected chi connectivity index (χ3v) is 19.7. The molecule has 0 aliphatic heterocycles. The van der Waals surface area contributed by atoms with E-state index >= 15 is 0 Å². The van der Waals surface area contributed by atoms with Crippen LogP contribution in [0.3, 0.4) is 0 Å². The first-order valence-corrected chi connectivity index (χ1v) is 29.2. The normalized spacial score (nSPS) is 18.1. The topological polar surface area (TPSA) is 27.7 Å². The summed E-state index contributed by atoms with van der Waals surface area (Å²) < 4.78 is 21.5. The second-order valence-electron chi connectivity index (χ2n) is 21.5. The Morgan fingerprint density at radius 2 is 0.564 bits per heavy atom. The fourth-order valence-corrected chi connectivity index (χ4v) is 15.6. The van der Waals surface area contributed by atoms with Crippen molar-refractivity contribution in [2.24, 2.45) is 0 Å². The Bertz CT molecular complexity index is 3550. The molecule has 3 atom stereocenters. The highest BCUT2D eigenvalue weighted by Gasteiger charge is 2.58. The van der Waals surface area contributed by atoms with Gasteiger partial charge in [0.1, 0.15) is 17.2 Å². The Balaban J connectivity index is 1.27. The largest absolute Gasteiger partial charge is 0.497 e. The Kier molecular flexibility index (Phi) is 13.2. The molecule has 0 bridgehead atoms. The lowest BCUT2D eigenvalue weighted by molar-refractivity contribution is 0.413. The third kappa shape index (κ3) is 8.23. The van der Waals surface area contributed by atoms with Gasteiger partial charge in [-0.05, 0) is 193 Å². The van der Waals surface area contributed by atoms with Crippen molar-refractivity contribution >= 4 is 47.8 Å². The number of fused-ring (bicyclic) bond motifs is 12. The van der Waals surface area contributed by atoms with Crippen molar-refractivity contribution in [3.63, 3.8) is 0 Å². The molecule has 13 rings (SSSR count). The summed E-state index contributed by atoms with van der Waals surface area (Å²) in [5.41, 5.74) is 21.9. The van der Waals surface area contributed by atoms with Crippen molar-refractivity contribution in [2.45, 2.75) is 54.8 Å². The molecule has 3 nitrogen and oxygen atoms in total. The van der Waals surface area contributed by atoms with E-state index in [1.165, 1.54) is 100 Å². The Morgan fingerprint density at radius 1 is 0.295 bits per heavy atom. The lowest BCUT2D eigenvalue weighted by Gasteiger charge is -2.40. The highest BCUT2D eigenvalue weighted by atomic mass is 79.9. The molecule has 3 aliphatic rings. The summed E-state index contributed by atoms with van der Waals surface area (Å²) in [6, 6.07) is 81.4. The van der Waals surface area contributed by atoms with E-state index < -0.39 is 16.2 Å². The van der Waals surface area contributed by atoms with Crippen LogP contribution in [-0.2, 0) is 54.8 Å². The number of ether oxygens (including phenoxy) is 3. The van der Waals surface area contributed by atoms with Gasteiger partial charge in [-0.2, -0.15) is 0 Å². The maximum Gasteiger partial charge on any atom is 0.119 e. The van der Waals surface area contributed by atoms with Crippen LogP contribution in [0.4, 0.5) is 0 Å². The zero-order chi connectivity index (χ0) is 53.2. The summed E-state index contributed by atoms with van der Waals surface area (Å²) >= 11 is 12.4. The summed E-state index contributed by atoms with van der Waals surface area (Å²) in [5, 5.41) is 0. The number of rotatable bonds is 15. The number of hydrogen-bond acceptors (Lipinski definition) is 3. The molecule has 0 radical (unpaired) electrons. The van der Waals surface area contributed by atoms with Crippen molar-refractivity contribution in [1.82, 2.24) is 0 Å². The smallest absolute Gasteiger partial charge is 0.119 e. The van der Waals surface area contributed by atoms with Gasteiger partial charge in [0.2, 0.25) is 0 Å². The molecule has 0 heterocycles. The molecule has 0 fully saturated rings. The Morgan fingerprint density at radius 3 is 0.846 bits per heavy atom. The first kappa shape index (κ1) is 50.5. The van der Waals surface area contributed by atoms with Crippen molar-refractivity contribution in [3.05, 3.63) is 299 Å². The van der Waals surface area contributed by atoms with Crippen LogP contribution in [-0.4, -0.2) is 21.3 Å². The molecule has 78 heavy (non-hydrogen) atoms. The average molecular weight is 1210 g/mol. The van der Waals surface area contributed by atoms with E-state index in [1.807, 2.05) is 0 Å². The van der Waals surface area contributed by atoms with Crippen LogP contribution in [0.5, 0.6) is 17.2 Å². The number of benzene rings is 10. The molecular formula is C72H57Br3O3. The van der Waals surface area contributed by atoms with Crippen molar-refractivity contribution < 1.29 is 14.2 Å². The monoisotopic (exact) mass is 1210 g/mol. The molecule has 10 aromatic rings. The first-order valence-electron chi connectivity index (χ1n) is 26.8. The lowest BCUT2D eigenvalue weighted by atomic mass is 9.62. The van der Waals surface area contributed by atoms with E-state index in [9.17, 15) is 0 Å². The number of halogens is 3. The van der Waals surface area contributed by atoms with E-state index in [2.05, 4.69) is 266 Å². The van der Waals surface area contributed by atoms with E-state index in [-0.39, 0.29) is 0 Å². The molecule has 3 aliphatic carbocycles. The van der Waals surface area contributed by atoms with Crippen LogP contribution in [0.25, 0.3) is 33.4 Å². The molecular weight excluding hydrogens is 1150 g/mol. The maximum absolute atomic E-state index is 6.05. The van der Waals surface area contributed by atoms with E-state index in [1.54, 1.807) is 21.3 Å². The average Bonchev–Trinajstić information content (AvgIpc) is 4.21. The first-order chi connectivity index (χ1) is 38.2. The number of hydrogen-bond donors (Lipinski definition) is 0. The van der Waals surface area contributed by atoms with Gasteiger partial charge >= 0.3 is 0 Å². The molecule has 0 aromatic heterocycles. The molecule has 384 valence electrons. The van der Waals surface area contributed by atoms with Gasteiger partial charge in [0.25, 0.3) is 0 Å². The lowest BCUT2D eigenvalue weighted by Crippen LogP contribution is -2.36. The summed E-state index contributed by atoms with van der Waals surface area (Å²) in [4.78, 5) is 0. The van der Waals surface area contributed by atoms with Crippen LogP contribution < -0.4 is 14.2 Å². The third-order valence-electron chi connectivity index (χ3n) is 17.3. The van der Waals surface area contributed by atoms with Crippen molar-refractivity contribution in [1.29, 1.82) is 0 Å². The van der Waals surface area contributed by atoms with Gasteiger partial charge in [0.15, 0.2) is 0 Å². The minimum atomic E-state index is -0.586. The van der Waals surface area contributed by atoms with Gasteiger partial charge in [-0.1, -0.05) is 212 Å². The molecule has 0 N–H and O–H groups in total. The van der Waals surface area contributed by atoms with Crippen LogP contribution >= 0.6 is 47.8 Å². The highest BCUT2D eigenvalue weighted by molar-refractivity contribution is 9.11. The Labute approximate surface area is 483 Å². The van der Waals surface area contributed by atoms with E-state index in [0.29, 0.717) is 0 Å². The number of methoxy groups -OCH3 is 3. The van der Waals surface area contributed by atoms with E-state index in [4.69, 9.17) is 14.2 Å². The molecule has 10 aromatic carbocycles. The van der Waals surface area contributed by atoms with E-state index in [0.717, 1.165) is 69.2 Å². The predicted molar refractivity (Wildman–Crippen MR) is 329 cm³/mol. The fraction of sp³-hybridized carbons (Fsp3) is 0.167. The standard InChI is InChI=1S/C72H57Br3O3/c1-76-52-25-16-19-46(37-52)40-70(43-49-22-4-13-34-61(49)73)58-31-10-7-28-55(58)64-67(70)65-56-29-8-11-32-59(56)71(44-50-23-5-14-35-62(50)74,41-47-20-17-26-53(38-47)77-2)69(65)66-57-30-9-12-33-60(57)72(68(64)66,45-51-24-6-15-36-63(51)75)42-48-21-18-27-54(39-48)78-3/h4-39H,40-45H2,1-3H3/t70-,71-,72-/m0/s1. The van der Waals surface area contributed by atoms with Gasteiger partial charge in [0, 0.05) is 29.7 Å². The zero-order valence-corrected chi connectivity index (χ0v) is 48.6. The van der Waals surface area contributed by atoms with Gasteiger partial charge < -0.3 is 14.2 Å². The predicted octanol–water partition coefficient (Wildman–Crippen LogP) is 18.3. The molecule has 6 heteroatoms. The van der Waals surface area contributed by atoms with Crippen LogP contribution in [0, 0.1) is 0 Å². The quantitative estimate of drug-likeness (QED) is 0.102. The minimum Gasteiger partial charge on any atom is -0.497 e. The minimum absolute atomic E-state index is 0.586. The summed E-state index contributed by atoms with van der Waals surface area (Å²) in [7, 11) is 5.34. The molecule has 0 unspecified atom stereocenters. The van der Waals surface area contributed by atoms with Crippen molar-refractivity contribution in [2.75, 3.05) is 21.3 Å². The van der Waals surface area contributed by atoms with Gasteiger partial charge in [-0.3, -0.25) is 0 Å². The van der Waals surface area contributed by atoms with Crippen LogP contribution in [0.1, 0.15) is 66.8 Å². The Hall–Kier alpha value is -6.96. The molecule has 0 amide bonds. The highest BCUT2D eigenvalue weighted by Crippen LogP contribution is 2.70. The maximum atomic E-state index is 6.05. The zero-order valence-electron chi connectivity index (χ0n) is 43.9. The van der Waals surface area contributed by atoms with Crippen LogP contribution in [0.2, 0.25) is 0 Å².